The molecule has 1 fully saturated rings. The molecule has 0 aliphatic carbocycles. The van der Waals surface area contributed by atoms with Crippen molar-refractivity contribution < 1.29 is 14.4 Å². The van der Waals surface area contributed by atoms with Crippen molar-refractivity contribution in [3.05, 3.63) is 30.0 Å². The number of fused-ring (bicyclic) bond motifs is 1. The van der Waals surface area contributed by atoms with Crippen LogP contribution in [-0.4, -0.2) is 58.8 Å². The highest BCUT2D eigenvalue weighted by Crippen LogP contribution is 2.17. The number of aromatic nitrogens is 2. The van der Waals surface area contributed by atoms with Gasteiger partial charge in [0.2, 0.25) is 5.91 Å². The highest BCUT2D eigenvalue weighted by molar-refractivity contribution is 5.95. The minimum Gasteiger partial charge on any atom is -0.330 e. The van der Waals surface area contributed by atoms with Crippen molar-refractivity contribution >= 4 is 29.4 Å². The molecule has 1 aromatic heterocycles. The maximum absolute atomic E-state index is 12.6. The van der Waals surface area contributed by atoms with E-state index in [0.29, 0.717) is 38.0 Å². The third-order valence-electron chi connectivity index (χ3n) is 4.11. The van der Waals surface area contributed by atoms with Crippen LogP contribution in [-0.2, 0) is 16.1 Å². The van der Waals surface area contributed by atoms with Gasteiger partial charge >= 0.3 is 0 Å². The Balaban J connectivity index is 1.87. The number of amides is 1. The van der Waals surface area contributed by atoms with Crippen molar-refractivity contribution in [2.24, 2.45) is 0 Å². The zero-order valence-electron chi connectivity index (χ0n) is 12.6. The van der Waals surface area contributed by atoms with Crippen LogP contribution in [0.5, 0.6) is 0 Å². The van der Waals surface area contributed by atoms with Crippen LogP contribution < -0.4 is 5.32 Å². The van der Waals surface area contributed by atoms with Gasteiger partial charge in [-0.1, -0.05) is 18.2 Å². The predicted octanol–water partition coefficient (Wildman–Crippen LogP) is 0.238. The maximum atomic E-state index is 12.6. The third-order valence-corrected chi connectivity index (χ3v) is 4.11. The van der Waals surface area contributed by atoms with Crippen LogP contribution in [0.4, 0.5) is 0 Å². The van der Waals surface area contributed by atoms with Crippen molar-refractivity contribution in [1.82, 2.24) is 20.0 Å². The van der Waals surface area contributed by atoms with Crippen molar-refractivity contribution in [2.75, 3.05) is 19.6 Å². The molecule has 1 atom stereocenters. The lowest BCUT2D eigenvalue weighted by molar-refractivity contribution is -0.136. The minimum atomic E-state index is -0.412. The first-order valence-corrected chi connectivity index (χ1v) is 7.61. The summed E-state index contributed by atoms with van der Waals surface area (Å²) >= 11 is 0. The fourth-order valence-electron chi connectivity index (χ4n) is 2.93. The Kier molecular flexibility index (Phi) is 4.47. The number of hydrogen-bond acceptors (Lipinski definition) is 5. The van der Waals surface area contributed by atoms with Crippen molar-refractivity contribution in [3.8, 4) is 0 Å². The van der Waals surface area contributed by atoms with Crippen LogP contribution >= 0.6 is 0 Å². The van der Waals surface area contributed by atoms with Gasteiger partial charge in [-0.15, -0.1) is 0 Å². The van der Waals surface area contributed by atoms with Crippen molar-refractivity contribution in [1.29, 1.82) is 0 Å². The highest BCUT2D eigenvalue weighted by atomic mass is 16.2. The number of aldehydes is 2. The number of nitrogens with zero attached hydrogens (tertiary/aromatic N) is 3. The second-order valence-corrected chi connectivity index (χ2v) is 5.51. The second kappa shape index (κ2) is 6.70. The molecule has 7 heteroatoms. The molecular weight excluding hydrogens is 296 g/mol. The first kappa shape index (κ1) is 15.4. The Hall–Kier alpha value is -2.54. The van der Waals surface area contributed by atoms with Gasteiger partial charge in [-0.2, -0.15) is 5.10 Å². The van der Waals surface area contributed by atoms with Gasteiger partial charge in [-0.05, 0) is 19.0 Å². The quantitative estimate of drug-likeness (QED) is 0.817. The van der Waals surface area contributed by atoms with Gasteiger partial charge in [0.15, 0.2) is 6.29 Å². The molecule has 120 valence electrons. The number of para-hydroxylation sites is 1. The molecule has 1 saturated heterocycles. The molecule has 2 heterocycles. The van der Waals surface area contributed by atoms with Crippen molar-refractivity contribution in [3.63, 3.8) is 0 Å². The van der Waals surface area contributed by atoms with E-state index in [-0.39, 0.29) is 12.5 Å². The molecule has 1 aromatic carbocycles. The summed E-state index contributed by atoms with van der Waals surface area (Å²) in [6.45, 7) is 1.88. The van der Waals surface area contributed by atoms with Gasteiger partial charge in [-0.3, -0.25) is 14.3 Å². The van der Waals surface area contributed by atoms with E-state index in [1.165, 1.54) is 4.68 Å². The molecule has 2 aromatic rings. The molecule has 3 rings (SSSR count). The zero-order valence-corrected chi connectivity index (χ0v) is 12.6. The molecule has 1 amide bonds. The topological polar surface area (TPSA) is 84.3 Å². The SMILES string of the molecule is O=Cc1nn(CC(=O)N2CCNCCC2C=O)c2ccccc12. The Bertz CT molecular complexity index is 740. The Morgan fingerprint density at radius 3 is 2.91 bits per heavy atom. The average Bonchev–Trinajstić information content (AvgIpc) is 2.77. The summed E-state index contributed by atoms with van der Waals surface area (Å²) in [5.41, 5.74) is 1.05. The fraction of sp³-hybridized carbons (Fsp3) is 0.375. The monoisotopic (exact) mass is 314 g/mol. The molecule has 0 spiro atoms. The van der Waals surface area contributed by atoms with E-state index >= 15 is 0 Å². The lowest BCUT2D eigenvalue weighted by Crippen LogP contribution is -2.43. The largest absolute Gasteiger partial charge is 0.330 e. The molecule has 0 bridgehead atoms. The summed E-state index contributed by atoms with van der Waals surface area (Å²) in [7, 11) is 0. The molecule has 1 unspecified atom stereocenters. The second-order valence-electron chi connectivity index (χ2n) is 5.51. The van der Waals surface area contributed by atoms with E-state index in [2.05, 4.69) is 10.4 Å². The molecule has 0 radical (unpaired) electrons. The highest BCUT2D eigenvalue weighted by Gasteiger charge is 2.25. The van der Waals surface area contributed by atoms with E-state index in [1.807, 2.05) is 18.2 Å². The van der Waals surface area contributed by atoms with Gasteiger partial charge in [-0.25, -0.2) is 0 Å². The van der Waals surface area contributed by atoms with Gasteiger partial charge in [0.05, 0.1) is 11.6 Å². The maximum Gasteiger partial charge on any atom is 0.244 e. The molecule has 1 aliphatic rings. The minimum absolute atomic E-state index is 0.0126. The van der Waals surface area contributed by atoms with Crippen LogP contribution in [0.1, 0.15) is 16.9 Å². The van der Waals surface area contributed by atoms with Gasteiger partial charge in [0.25, 0.3) is 0 Å². The first-order valence-electron chi connectivity index (χ1n) is 7.61. The standard InChI is InChI=1S/C16H18N4O3/c21-10-12-5-6-17-7-8-19(12)16(23)9-20-15-4-2-1-3-13(15)14(11-22)18-20/h1-4,10-12,17H,5-9H2. The van der Waals surface area contributed by atoms with Crippen LogP contribution in [0.25, 0.3) is 10.9 Å². The number of nitrogens with one attached hydrogen (secondary N) is 1. The van der Waals surface area contributed by atoms with Crippen molar-refractivity contribution in [2.45, 2.75) is 19.0 Å². The van der Waals surface area contributed by atoms with E-state index in [0.717, 1.165) is 17.2 Å². The van der Waals surface area contributed by atoms with Gasteiger partial charge in [0, 0.05) is 18.5 Å². The fourth-order valence-corrected chi connectivity index (χ4v) is 2.93. The van der Waals surface area contributed by atoms with Crippen LogP contribution in [0, 0.1) is 0 Å². The lowest BCUT2D eigenvalue weighted by atomic mass is 10.2. The van der Waals surface area contributed by atoms with E-state index in [1.54, 1.807) is 11.0 Å². The Morgan fingerprint density at radius 1 is 1.30 bits per heavy atom. The average molecular weight is 314 g/mol. The smallest absolute Gasteiger partial charge is 0.244 e. The third kappa shape index (κ3) is 3.00. The summed E-state index contributed by atoms with van der Waals surface area (Å²) < 4.78 is 1.53. The predicted molar refractivity (Wildman–Crippen MR) is 84.2 cm³/mol. The molecule has 23 heavy (non-hydrogen) atoms. The van der Waals surface area contributed by atoms with Crippen LogP contribution in [0.2, 0.25) is 0 Å². The van der Waals surface area contributed by atoms with Gasteiger partial charge < -0.3 is 15.0 Å². The van der Waals surface area contributed by atoms with E-state index in [4.69, 9.17) is 0 Å². The Morgan fingerprint density at radius 2 is 2.13 bits per heavy atom. The number of carbonyl (C=O) groups excluding carboxylic acids is 3. The number of rotatable bonds is 4. The molecule has 1 N–H and O–H groups in total. The Labute approximate surface area is 133 Å². The summed E-state index contributed by atoms with van der Waals surface area (Å²) in [4.78, 5) is 36.6. The molecule has 1 aliphatic heterocycles. The summed E-state index contributed by atoms with van der Waals surface area (Å²) in [6, 6.07) is 6.88. The van der Waals surface area contributed by atoms with E-state index < -0.39 is 6.04 Å². The summed E-state index contributed by atoms with van der Waals surface area (Å²) in [6.07, 6.45) is 2.12. The number of benzene rings is 1. The van der Waals surface area contributed by atoms with E-state index in [9.17, 15) is 14.4 Å². The summed E-state index contributed by atoms with van der Waals surface area (Å²) in [5, 5.41) is 8.12. The van der Waals surface area contributed by atoms with Gasteiger partial charge in [0.1, 0.15) is 18.5 Å². The van der Waals surface area contributed by atoms with Crippen LogP contribution in [0.15, 0.2) is 24.3 Å². The molecule has 7 nitrogen and oxygen atoms in total. The zero-order chi connectivity index (χ0) is 16.2. The lowest BCUT2D eigenvalue weighted by Gasteiger charge is -2.25. The first-order chi connectivity index (χ1) is 11.2. The summed E-state index contributed by atoms with van der Waals surface area (Å²) in [5.74, 6) is -0.170. The van der Waals surface area contributed by atoms with Crippen LogP contribution in [0.3, 0.4) is 0 Å². The normalized spacial score (nSPS) is 18.6. The number of carbonyl (C=O) groups is 3. The molecular formula is C16H18N4O3. The molecule has 0 saturated carbocycles. The number of hydrogen-bond donors (Lipinski definition) is 1.